The highest BCUT2D eigenvalue weighted by Gasteiger charge is 2.27. The number of nitrogens with two attached hydrogens (primary N) is 1. The predicted molar refractivity (Wildman–Crippen MR) is 94.4 cm³/mol. The van der Waals surface area contributed by atoms with Gasteiger partial charge in [0, 0.05) is 23.9 Å². The molecule has 0 aromatic heterocycles. The quantitative estimate of drug-likeness (QED) is 0.892. The highest BCUT2D eigenvalue weighted by atomic mass is 35.5. The lowest BCUT2D eigenvalue weighted by Gasteiger charge is -2.29. The Kier molecular flexibility index (Phi) is 6.89. The molecule has 0 spiro atoms. The first-order valence-corrected chi connectivity index (χ1v) is 7.99. The van der Waals surface area contributed by atoms with Crippen molar-refractivity contribution in [3.8, 4) is 0 Å². The minimum absolute atomic E-state index is 0. The van der Waals surface area contributed by atoms with Crippen LogP contribution in [0.2, 0.25) is 0 Å². The molecule has 0 radical (unpaired) electrons. The summed E-state index contributed by atoms with van der Waals surface area (Å²) in [6.07, 6.45) is 3.93. The van der Waals surface area contributed by atoms with E-state index in [2.05, 4.69) is 50.4 Å². The number of nitrogens with one attached hydrogen (secondary N) is 1. The standard InChI is InChI=1S/C18H28N2O.ClH/c1-13-7-9-15(10-8-13)18(2,3)12-20-17(21)14-5-4-6-16(19)11-14;/h7-10,14,16H,4-6,11-12,19H2,1-3H3,(H,20,21);1H. The molecule has 4 heteroatoms. The summed E-state index contributed by atoms with van der Waals surface area (Å²) in [5.41, 5.74) is 8.43. The summed E-state index contributed by atoms with van der Waals surface area (Å²) < 4.78 is 0. The van der Waals surface area contributed by atoms with E-state index in [1.807, 2.05) is 0 Å². The van der Waals surface area contributed by atoms with Crippen molar-refractivity contribution in [2.75, 3.05) is 6.54 Å². The minimum Gasteiger partial charge on any atom is -0.355 e. The van der Waals surface area contributed by atoms with Crippen LogP contribution in [-0.4, -0.2) is 18.5 Å². The normalized spacial score (nSPS) is 21.8. The van der Waals surface area contributed by atoms with E-state index in [4.69, 9.17) is 5.73 Å². The maximum absolute atomic E-state index is 12.3. The predicted octanol–water partition coefficient (Wildman–Crippen LogP) is 3.33. The molecule has 0 aliphatic heterocycles. The molecule has 3 N–H and O–H groups in total. The zero-order valence-corrected chi connectivity index (χ0v) is 14.7. The molecule has 0 heterocycles. The Hall–Kier alpha value is -1.06. The van der Waals surface area contributed by atoms with Gasteiger partial charge in [-0.1, -0.05) is 50.1 Å². The molecule has 0 bridgehead atoms. The topological polar surface area (TPSA) is 55.1 Å². The molecule has 2 unspecified atom stereocenters. The van der Waals surface area contributed by atoms with Gasteiger partial charge < -0.3 is 11.1 Å². The van der Waals surface area contributed by atoms with E-state index in [-0.39, 0.29) is 35.7 Å². The lowest BCUT2D eigenvalue weighted by Crippen LogP contribution is -2.42. The maximum atomic E-state index is 12.3. The Morgan fingerprint density at radius 3 is 2.50 bits per heavy atom. The molecular weight excluding hydrogens is 296 g/mol. The van der Waals surface area contributed by atoms with Crippen LogP contribution in [0.25, 0.3) is 0 Å². The van der Waals surface area contributed by atoms with Crippen LogP contribution in [0.15, 0.2) is 24.3 Å². The van der Waals surface area contributed by atoms with Gasteiger partial charge in [0.1, 0.15) is 0 Å². The minimum atomic E-state index is -0.0554. The van der Waals surface area contributed by atoms with Crippen LogP contribution in [0.5, 0.6) is 0 Å². The van der Waals surface area contributed by atoms with Crippen LogP contribution >= 0.6 is 12.4 Å². The van der Waals surface area contributed by atoms with Crippen LogP contribution in [0, 0.1) is 12.8 Å². The molecule has 1 aliphatic rings. The first-order valence-electron chi connectivity index (χ1n) is 7.99. The highest BCUT2D eigenvalue weighted by molar-refractivity contribution is 5.85. The largest absolute Gasteiger partial charge is 0.355 e. The average molecular weight is 325 g/mol. The molecule has 124 valence electrons. The second-order valence-corrected chi connectivity index (χ2v) is 7.09. The fourth-order valence-electron chi connectivity index (χ4n) is 3.02. The zero-order valence-electron chi connectivity index (χ0n) is 13.9. The molecule has 1 aliphatic carbocycles. The summed E-state index contributed by atoms with van der Waals surface area (Å²) in [5, 5.41) is 3.13. The van der Waals surface area contributed by atoms with Crippen LogP contribution in [-0.2, 0) is 10.2 Å². The second kappa shape index (κ2) is 7.98. The van der Waals surface area contributed by atoms with Crippen LogP contribution in [0.4, 0.5) is 0 Å². The molecule has 1 aromatic rings. The van der Waals surface area contributed by atoms with E-state index < -0.39 is 0 Å². The lowest BCUT2D eigenvalue weighted by molar-refractivity contribution is -0.126. The van der Waals surface area contributed by atoms with Crippen LogP contribution in [0.1, 0.15) is 50.7 Å². The van der Waals surface area contributed by atoms with E-state index in [0.717, 1.165) is 25.7 Å². The van der Waals surface area contributed by atoms with Gasteiger partial charge in [0.2, 0.25) is 5.91 Å². The summed E-state index contributed by atoms with van der Waals surface area (Å²) in [7, 11) is 0. The van der Waals surface area contributed by atoms with E-state index in [0.29, 0.717) is 6.54 Å². The van der Waals surface area contributed by atoms with Gasteiger partial charge in [0.05, 0.1) is 0 Å². The Bertz CT molecular complexity index is 484. The zero-order chi connectivity index (χ0) is 15.5. The Balaban J connectivity index is 0.00000242. The molecule has 1 aromatic carbocycles. The molecule has 1 saturated carbocycles. The van der Waals surface area contributed by atoms with E-state index >= 15 is 0 Å². The second-order valence-electron chi connectivity index (χ2n) is 7.09. The van der Waals surface area contributed by atoms with E-state index in [1.54, 1.807) is 0 Å². The molecule has 1 amide bonds. The number of hydrogen-bond acceptors (Lipinski definition) is 2. The van der Waals surface area contributed by atoms with Crippen molar-refractivity contribution >= 4 is 18.3 Å². The number of aryl methyl sites for hydroxylation is 1. The molecule has 0 saturated heterocycles. The Labute approximate surface area is 140 Å². The average Bonchev–Trinajstić information content (AvgIpc) is 2.45. The van der Waals surface area contributed by atoms with Gasteiger partial charge in [0.15, 0.2) is 0 Å². The number of rotatable bonds is 4. The fourth-order valence-corrected chi connectivity index (χ4v) is 3.02. The summed E-state index contributed by atoms with van der Waals surface area (Å²) in [6, 6.07) is 8.74. The van der Waals surface area contributed by atoms with Gasteiger partial charge in [-0.25, -0.2) is 0 Å². The van der Waals surface area contributed by atoms with Crippen LogP contribution in [0.3, 0.4) is 0 Å². The molecule has 2 atom stereocenters. The first kappa shape index (κ1) is 19.0. The van der Waals surface area contributed by atoms with Gasteiger partial charge in [-0.05, 0) is 31.7 Å². The Morgan fingerprint density at radius 1 is 1.27 bits per heavy atom. The number of carbonyl (C=O) groups excluding carboxylic acids is 1. The Morgan fingerprint density at radius 2 is 1.91 bits per heavy atom. The van der Waals surface area contributed by atoms with Crippen molar-refractivity contribution < 1.29 is 4.79 Å². The number of carbonyl (C=O) groups is 1. The molecular formula is C18H29ClN2O. The van der Waals surface area contributed by atoms with Crippen molar-refractivity contribution in [3.63, 3.8) is 0 Å². The monoisotopic (exact) mass is 324 g/mol. The summed E-state index contributed by atoms with van der Waals surface area (Å²) in [4.78, 5) is 12.3. The van der Waals surface area contributed by atoms with Gasteiger partial charge >= 0.3 is 0 Å². The third-order valence-electron chi connectivity index (χ3n) is 4.62. The lowest BCUT2D eigenvalue weighted by atomic mass is 9.83. The molecule has 2 rings (SSSR count). The molecule has 3 nitrogen and oxygen atoms in total. The summed E-state index contributed by atoms with van der Waals surface area (Å²) >= 11 is 0. The number of hydrogen-bond donors (Lipinski definition) is 2. The molecule has 1 fully saturated rings. The van der Waals surface area contributed by atoms with Gasteiger partial charge in [0.25, 0.3) is 0 Å². The fraction of sp³-hybridized carbons (Fsp3) is 0.611. The summed E-state index contributed by atoms with van der Waals surface area (Å²) in [6.45, 7) is 7.10. The van der Waals surface area contributed by atoms with E-state index in [9.17, 15) is 4.79 Å². The third kappa shape index (κ3) is 4.99. The third-order valence-corrected chi connectivity index (χ3v) is 4.62. The van der Waals surface area contributed by atoms with E-state index in [1.165, 1.54) is 11.1 Å². The number of benzene rings is 1. The van der Waals surface area contributed by atoms with Gasteiger partial charge in [-0.3, -0.25) is 4.79 Å². The van der Waals surface area contributed by atoms with Crippen LogP contribution < -0.4 is 11.1 Å². The van der Waals surface area contributed by atoms with Crippen molar-refractivity contribution in [2.24, 2.45) is 11.7 Å². The van der Waals surface area contributed by atoms with Crippen molar-refractivity contribution in [1.82, 2.24) is 5.32 Å². The van der Waals surface area contributed by atoms with Gasteiger partial charge in [-0.2, -0.15) is 0 Å². The maximum Gasteiger partial charge on any atom is 0.223 e. The van der Waals surface area contributed by atoms with Crippen molar-refractivity contribution in [3.05, 3.63) is 35.4 Å². The smallest absolute Gasteiger partial charge is 0.223 e. The van der Waals surface area contributed by atoms with Gasteiger partial charge in [-0.15, -0.1) is 12.4 Å². The first-order chi connectivity index (χ1) is 9.88. The molecule has 22 heavy (non-hydrogen) atoms. The van der Waals surface area contributed by atoms with Crippen molar-refractivity contribution in [2.45, 2.75) is 57.9 Å². The SMILES string of the molecule is Cc1ccc(C(C)(C)CNC(=O)C2CCCC(N)C2)cc1.Cl. The number of amides is 1. The summed E-state index contributed by atoms with van der Waals surface area (Å²) in [5.74, 6) is 0.271. The highest BCUT2D eigenvalue weighted by Crippen LogP contribution is 2.25. The number of halogens is 1. The van der Waals surface area contributed by atoms with Crippen molar-refractivity contribution in [1.29, 1.82) is 0 Å².